The van der Waals surface area contributed by atoms with Gasteiger partial charge in [-0.2, -0.15) is 0 Å². The van der Waals surface area contributed by atoms with Gasteiger partial charge in [-0.3, -0.25) is 0 Å². The summed E-state index contributed by atoms with van der Waals surface area (Å²) in [7, 11) is 0. The van der Waals surface area contributed by atoms with Crippen LogP contribution < -0.4 is 4.90 Å². The highest BCUT2D eigenvalue weighted by Crippen LogP contribution is 2.32. The lowest BCUT2D eigenvalue weighted by atomic mass is 10.1. The summed E-state index contributed by atoms with van der Waals surface area (Å²) in [6, 6.07) is 4.17. The van der Waals surface area contributed by atoms with Crippen molar-refractivity contribution >= 4 is 11.8 Å². The Hall–Kier alpha value is -2.05. The molecule has 1 aliphatic rings. The number of carbonyl (C=O) groups excluding carboxylic acids is 1. The van der Waals surface area contributed by atoms with Crippen LogP contribution in [0.15, 0.2) is 18.2 Å². The monoisotopic (exact) mass is 328 g/mol. The summed E-state index contributed by atoms with van der Waals surface area (Å²) in [5, 5.41) is 9.46. The van der Waals surface area contributed by atoms with Crippen LogP contribution in [0.2, 0.25) is 0 Å². The van der Waals surface area contributed by atoms with E-state index in [1.807, 2.05) is 25.7 Å². The Morgan fingerprint density at radius 1 is 1.22 bits per heavy atom. The van der Waals surface area contributed by atoms with Gasteiger partial charge < -0.3 is 19.6 Å². The zero-order chi connectivity index (χ0) is 17.2. The highest BCUT2D eigenvalue weighted by Gasteiger charge is 2.26. The minimum absolute atomic E-state index is 0.365. The number of benzene rings is 1. The summed E-state index contributed by atoms with van der Waals surface area (Å²) in [5.74, 6) is -0.406. The zero-order valence-corrected chi connectivity index (χ0v) is 13.6. The van der Waals surface area contributed by atoms with Crippen molar-refractivity contribution in [3.8, 4) is 5.75 Å². The summed E-state index contributed by atoms with van der Waals surface area (Å²) < 4.78 is 31.0. The molecule has 1 saturated heterocycles. The number of phenols is 1. The number of carbonyl (C=O) groups is 1. The normalized spacial score (nSPS) is 15.9. The van der Waals surface area contributed by atoms with Gasteiger partial charge in [0.15, 0.2) is 0 Å². The Labute approximate surface area is 134 Å². The lowest BCUT2D eigenvalue weighted by Crippen LogP contribution is -2.50. The van der Waals surface area contributed by atoms with Crippen LogP contribution in [0.4, 0.5) is 19.3 Å². The Morgan fingerprint density at radius 2 is 1.83 bits per heavy atom. The van der Waals surface area contributed by atoms with Crippen molar-refractivity contribution in [1.29, 1.82) is 0 Å². The molecule has 7 heteroatoms. The minimum Gasteiger partial charge on any atom is -0.507 e. The molecular formula is C16H22F2N2O3. The van der Waals surface area contributed by atoms with Gasteiger partial charge in [0.05, 0.1) is 5.56 Å². The number of amides is 1. The average molecular weight is 328 g/mol. The molecule has 5 nitrogen and oxygen atoms in total. The fourth-order valence-electron chi connectivity index (χ4n) is 2.39. The Bertz CT molecular complexity index is 565. The maximum Gasteiger partial charge on any atom is 0.410 e. The molecule has 1 fully saturated rings. The van der Waals surface area contributed by atoms with Gasteiger partial charge in [-0.25, -0.2) is 13.6 Å². The van der Waals surface area contributed by atoms with E-state index in [9.17, 15) is 18.7 Å². The summed E-state index contributed by atoms with van der Waals surface area (Å²) >= 11 is 0. The van der Waals surface area contributed by atoms with Gasteiger partial charge in [-0.15, -0.1) is 0 Å². The molecule has 23 heavy (non-hydrogen) atoms. The van der Waals surface area contributed by atoms with Gasteiger partial charge in [0.25, 0.3) is 6.43 Å². The molecular weight excluding hydrogens is 306 g/mol. The first kappa shape index (κ1) is 17.3. The van der Waals surface area contributed by atoms with Crippen LogP contribution in [-0.4, -0.2) is 47.9 Å². The van der Waals surface area contributed by atoms with Crippen LogP contribution in [0, 0.1) is 0 Å². The van der Waals surface area contributed by atoms with Gasteiger partial charge in [0.2, 0.25) is 0 Å². The molecule has 2 rings (SSSR count). The molecule has 0 bridgehead atoms. The second kappa shape index (κ2) is 6.60. The lowest BCUT2D eigenvalue weighted by Gasteiger charge is -2.36. The Balaban J connectivity index is 1.99. The molecule has 128 valence electrons. The minimum atomic E-state index is -2.72. The third-order valence-electron chi connectivity index (χ3n) is 3.54. The quantitative estimate of drug-likeness (QED) is 0.904. The van der Waals surface area contributed by atoms with Gasteiger partial charge >= 0.3 is 6.09 Å². The lowest BCUT2D eigenvalue weighted by molar-refractivity contribution is 0.0240. The molecule has 0 radical (unpaired) electrons. The maximum atomic E-state index is 12.9. The summed E-state index contributed by atoms with van der Waals surface area (Å²) in [4.78, 5) is 15.5. The van der Waals surface area contributed by atoms with Crippen molar-refractivity contribution in [2.24, 2.45) is 0 Å². The average Bonchev–Trinajstić information content (AvgIpc) is 2.46. The third kappa shape index (κ3) is 4.46. The molecule has 0 unspecified atom stereocenters. The van der Waals surface area contributed by atoms with Gasteiger partial charge in [0.1, 0.15) is 11.4 Å². The number of piperazine rings is 1. The zero-order valence-electron chi connectivity index (χ0n) is 13.6. The fraction of sp³-hybridized carbons (Fsp3) is 0.562. The molecule has 0 spiro atoms. The van der Waals surface area contributed by atoms with E-state index >= 15 is 0 Å². The predicted octanol–water partition coefficient (Wildman–Crippen LogP) is 3.39. The number of hydrogen-bond acceptors (Lipinski definition) is 4. The molecule has 1 amide bonds. The fourth-order valence-corrected chi connectivity index (χ4v) is 2.39. The highest BCUT2D eigenvalue weighted by molar-refractivity contribution is 5.68. The number of anilines is 1. The number of ether oxygens (including phenoxy) is 1. The standard InChI is InChI=1S/C16H22F2N2O3/c1-16(2,3)23-15(22)20-8-6-19(7-9-20)11-4-5-13(21)12(10-11)14(17)18/h4-5,10,14,21H,6-9H2,1-3H3. The van der Waals surface area contributed by atoms with Crippen molar-refractivity contribution in [3.63, 3.8) is 0 Å². The van der Waals surface area contributed by atoms with Crippen LogP contribution in [0.1, 0.15) is 32.8 Å². The van der Waals surface area contributed by atoms with Gasteiger partial charge in [-0.1, -0.05) is 0 Å². The molecule has 0 atom stereocenters. The first-order valence-electron chi connectivity index (χ1n) is 7.51. The van der Waals surface area contributed by atoms with Crippen molar-refractivity contribution in [2.75, 3.05) is 31.1 Å². The molecule has 0 aromatic heterocycles. The Kier molecular flexibility index (Phi) is 4.97. The van der Waals surface area contributed by atoms with Crippen molar-refractivity contribution in [1.82, 2.24) is 4.90 Å². The van der Waals surface area contributed by atoms with Crippen molar-refractivity contribution < 1.29 is 23.4 Å². The number of phenolic OH excluding ortho intramolecular Hbond substituents is 1. The van der Waals surface area contributed by atoms with E-state index in [1.54, 1.807) is 11.0 Å². The summed E-state index contributed by atoms with van der Waals surface area (Å²) in [6.45, 7) is 7.38. The summed E-state index contributed by atoms with van der Waals surface area (Å²) in [6.07, 6.45) is -3.09. The van der Waals surface area contributed by atoms with Crippen molar-refractivity contribution in [2.45, 2.75) is 32.8 Å². The third-order valence-corrected chi connectivity index (χ3v) is 3.54. The van der Waals surface area contributed by atoms with Gasteiger partial charge in [0, 0.05) is 31.9 Å². The topological polar surface area (TPSA) is 53.0 Å². The summed E-state index contributed by atoms with van der Waals surface area (Å²) in [5.41, 5.74) is -0.309. The molecule has 1 N–H and O–H groups in total. The van der Waals surface area contributed by atoms with Crippen LogP contribution in [0.25, 0.3) is 0 Å². The first-order valence-corrected chi connectivity index (χ1v) is 7.51. The van der Waals surface area contributed by atoms with E-state index in [1.165, 1.54) is 12.1 Å². The van der Waals surface area contributed by atoms with E-state index in [0.29, 0.717) is 31.9 Å². The molecule has 1 heterocycles. The van der Waals surface area contributed by atoms with Crippen LogP contribution in [0.3, 0.4) is 0 Å². The van der Waals surface area contributed by atoms with E-state index in [-0.39, 0.29) is 11.7 Å². The van der Waals surface area contributed by atoms with Crippen LogP contribution >= 0.6 is 0 Å². The number of aromatic hydroxyl groups is 1. The van der Waals surface area contributed by atoms with Crippen LogP contribution in [-0.2, 0) is 4.74 Å². The Morgan fingerprint density at radius 3 is 2.35 bits per heavy atom. The molecule has 1 aliphatic heterocycles. The SMILES string of the molecule is CC(C)(C)OC(=O)N1CCN(c2ccc(O)c(C(F)F)c2)CC1. The second-order valence-electron chi connectivity index (χ2n) is 6.50. The number of nitrogens with zero attached hydrogens (tertiary/aromatic N) is 2. The number of alkyl halides is 2. The number of halogens is 2. The highest BCUT2D eigenvalue weighted by atomic mass is 19.3. The van der Waals surface area contributed by atoms with E-state index in [2.05, 4.69) is 0 Å². The number of rotatable bonds is 2. The van der Waals surface area contributed by atoms with E-state index in [0.717, 1.165) is 0 Å². The first-order chi connectivity index (χ1) is 10.7. The number of hydrogen-bond donors (Lipinski definition) is 1. The molecule has 0 saturated carbocycles. The second-order valence-corrected chi connectivity index (χ2v) is 6.50. The maximum absolute atomic E-state index is 12.9. The molecule has 1 aromatic carbocycles. The van der Waals surface area contributed by atoms with Crippen molar-refractivity contribution in [3.05, 3.63) is 23.8 Å². The predicted molar refractivity (Wildman–Crippen MR) is 83.1 cm³/mol. The van der Waals surface area contributed by atoms with Gasteiger partial charge in [-0.05, 0) is 39.0 Å². The molecule has 1 aromatic rings. The van der Waals surface area contributed by atoms with E-state index in [4.69, 9.17) is 4.74 Å². The van der Waals surface area contributed by atoms with E-state index < -0.39 is 17.8 Å². The smallest absolute Gasteiger partial charge is 0.410 e. The van der Waals surface area contributed by atoms with Crippen LogP contribution in [0.5, 0.6) is 5.75 Å². The molecule has 0 aliphatic carbocycles. The largest absolute Gasteiger partial charge is 0.507 e.